The van der Waals surface area contributed by atoms with Crippen molar-refractivity contribution in [1.82, 2.24) is 15.6 Å². The van der Waals surface area contributed by atoms with Crippen molar-refractivity contribution in [2.24, 2.45) is 4.99 Å². The van der Waals surface area contributed by atoms with Gasteiger partial charge in [-0.3, -0.25) is 4.99 Å². The summed E-state index contributed by atoms with van der Waals surface area (Å²) in [7, 11) is 1.65. The number of nitrogens with one attached hydrogen (secondary N) is 2. The second kappa shape index (κ2) is 9.30. The second-order valence-electron chi connectivity index (χ2n) is 5.06. The monoisotopic (exact) mass is 480 g/mol. The van der Waals surface area contributed by atoms with Crippen LogP contribution in [0, 0.1) is 0 Å². The molecule has 1 aromatic heterocycles. The molecular formula is C13H20F3IN4S2. The number of alkyl halides is 3. The summed E-state index contributed by atoms with van der Waals surface area (Å²) >= 11 is 2.87. The molecule has 1 fully saturated rings. The van der Waals surface area contributed by atoms with Gasteiger partial charge in [-0.15, -0.1) is 35.3 Å². The van der Waals surface area contributed by atoms with Gasteiger partial charge in [0.2, 0.25) is 0 Å². The predicted octanol–water partition coefficient (Wildman–Crippen LogP) is 3.73. The molecule has 0 amide bonds. The fourth-order valence-corrected chi connectivity index (χ4v) is 3.89. The highest BCUT2D eigenvalue weighted by Gasteiger charge is 2.33. The molecule has 2 N–H and O–H groups in total. The zero-order valence-electron chi connectivity index (χ0n) is 12.8. The van der Waals surface area contributed by atoms with Crippen molar-refractivity contribution in [3.63, 3.8) is 0 Å². The Balaban J connectivity index is 0.00000264. The minimum atomic E-state index is -4.38. The molecule has 1 aliphatic carbocycles. The van der Waals surface area contributed by atoms with Gasteiger partial charge in [-0.2, -0.15) is 24.9 Å². The Morgan fingerprint density at radius 1 is 1.48 bits per heavy atom. The van der Waals surface area contributed by atoms with E-state index in [1.807, 2.05) is 11.8 Å². The van der Waals surface area contributed by atoms with Crippen molar-refractivity contribution in [3.8, 4) is 0 Å². The lowest BCUT2D eigenvalue weighted by molar-refractivity contribution is -0.140. The van der Waals surface area contributed by atoms with E-state index >= 15 is 0 Å². The third kappa shape index (κ3) is 6.29. The third-order valence-electron chi connectivity index (χ3n) is 3.53. The number of hydrogen-bond donors (Lipinski definition) is 2. The van der Waals surface area contributed by atoms with E-state index in [9.17, 15) is 13.2 Å². The molecule has 2 unspecified atom stereocenters. The molecule has 2 rings (SSSR count). The highest BCUT2D eigenvalue weighted by molar-refractivity contribution is 14.0. The van der Waals surface area contributed by atoms with Gasteiger partial charge in [0, 0.05) is 23.7 Å². The number of hydrogen-bond acceptors (Lipinski definition) is 4. The van der Waals surface area contributed by atoms with Gasteiger partial charge in [0.15, 0.2) is 11.7 Å². The van der Waals surface area contributed by atoms with E-state index in [-0.39, 0.29) is 30.5 Å². The number of thiazole rings is 1. The Morgan fingerprint density at radius 2 is 2.22 bits per heavy atom. The molecule has 2 atom stereocenters. The molecule has 4 nitrogen and oxygen atoms in total. The van der Waals surface area contributed by atoms with Crippen LogP contribution in [0.25, 0.3) is 0 Å². The van der Waals surface area contributed by atoms with E-state index in [1.54, 1.807) is 7.05 Å². The summed E-state index contributed by atoms with van der Waals surface area (Å²) in [5.41, 5.74) is -0.837. The summed E-state index contributed by atoms with van der Waals surface area (Å²) in [5, 5.41) is 8.44. The van der Waals surface area contributed by atoms with Crippen molar-refractivity contribution in [3.05, 3.63) is 16.1 Å². The molecule has 0 radical (unpaired) electrons. The van der Waals surface area contributed by atoms with Gasteiger partial charge in [-0.25, -0.2) is 4.98 Å². The molecule has 0 aliphatic heterocycles. The first-order chi connectivity index (χ1) is 10.4. The highest BCUT2D eigenvalue weighted by Crippen LogP contribution is 2.30. The standard InChI is InChI=1S/C13H19F3N4S2.HI/c1-17-12(19-8-3-4-9(5-8)21-2)18-6-11-20-10(7-22-11)13(14,15)16;/h7-9H,3-6H2,1-2H3,(H2,17,18,19);1H. The lowest BCUT2D eigenvalue weighted by Crippen LogP contribution is -2.42. The number of nitrogens with zero attached hydrogens (tertiary/aromatic N) is 2. The van der Waals surface area contributed by atoms with Crippen LogP contribution in [-0.4, -0.2) is 35.5 Å². The molecule has 1 aromatic rings. The SMILES string of the molecule is CN=C(NCc1nc(C(F)(F)F)cs1)NC1CCC(SC)C1.I. The van der Waals surface area contributed by atoms with Crippen LogP contribution in [0.15, 0.2) is 10.4 Å². The maximum absolute atomic E-state index is 12.5. The number of thioether (sulfide) groups is 1. The third-order valence-corrected chi connectivity index (χ3v) is 5.48. The van der Waals surface area contributed by atoms with Crippen molar-refractivity contribution in [1.29, 1.82) is 0 Å². The highest BCUT2D eigenvalue weighted by atomic mass is 127. The molecular weight excluding hydrogens is 460 g/mol. The number of halogens is 4. The summed E-state index contributed by atoms with van der Waals surface area (Å²) in [6, 6.07) is 0.366. The first-order valence-electron chi connectivity index (χ1n) is 6.94. The summed E-state index contributed by atoms with van der Waals surface area (Å²) in [6.07, 6.45) is 1.07. The van der Waals surface area contributed by atoms with Crippen LogP contribution in [0.3, 0.4) is 0 Å². The topological polar surface area (TPSA) is 49.3 Å². The van der Waals surface area contributed by atoms with E-state index in [2.05, 4.69) is 26.9 Å². The largest absolute Gasteiger partial charge is 0.434 e. The lowest BCUT2D eigenvalue weighted by Gasteiger charge is -2.16. The Labute approximate surface area is 159 Å². The Bertz CT molecular complexity index is 522. The predicted molar refractivity (Wildman–Crippen MR) is 101 cm³/mol. The van der Waals surface area contributed by atoms with Crippen LogP contribution in [0.5, 0.6) is 0 Å². The van der Waals surface area contributed by atoms with Crippen LogP contribution >= 0.6 is 47.1 Å². The molecule has 1 aliphatic rings. The van der Waals surface area contributed by atoms with Gasteiger partial charge in [0.1, 0.15) is 5.01 Å². The summed E-state index contributed by atoms with van der Waals surface area (Å²) in [4.78, 5) is 7.71. The number of aromatic nitrogens is 1. The second-order valence-corrected chi connectivity index (χ2v) is 7.14. The first kappa shape index (κ1) is 20.8. The number of guanidine groups is 1. The van der Waals surface area contributed by atoms with Crippen molar-refractivity contribution < 1.29 is 13.2 Å². The van der Waals surface area contributed by atoms with E-state index < -0.39 is 11.9 Å². The minimum Gasteiger partial charge on any atom is -0.354 e. The van der Waals surface area contributed by atoms with E-state index in [4.69, 9.17) is 0 Å². The fourth-order valence-electron chi connectivity index (χ4n) is 2.35. The Kier molecular flexibility index (Phi) is 8.42. The number of aliphatic imine (C=N–C) groups is 1. The quantitative estimate of drug-likeness (QED) is 0.392. The fraction of sp³-hybridized carbons (Fsp3) is 0.692. The van der Waals surface area contributed by atoms with Gasteiger partial charge < -0.3 is 10.6 Å². The lowest BCUT2D eigenvalue weighted by atomic mass is 10.2. The van der Waals surface area contributed by atoms with Crippen LogP contribution in [0.1, 0.15) is 30.0 Å². The molecule has 0 aromatic carbocycles. The Morgan fingerprint density at radius 3 is 2.74 bits per heavy atom. The number of rotatable bonds is 4. The minimum absolute atomic E-state index is 0. The summed E-state index contributed by atoms with van der Waals surface area (Å²) < 4.78 is 37.5. The van der Waals surface area contributed by atoms with Crippen LogP contribution in [-0.2, 0) is 12.7 Å². The van der Waals surface area contributed by atoms with Crippen LogP contribution in [0.2, 0.25) is 0 Å². The molecule has 0 spiro atoms. The molecule has 23 heavy (non-hydrogen) atoms. The normalized spacial score (nSPS) is 21.9. The van der Waals surface area contributed by atoms with Crippen LogP contribution < -0.4 is 10.6 Å². The van der Waals surface area contributed by atoms with E-state index in [0.717, 1.165) is 29.6 Å². The maximum Gasteiger partial charge on any atom is 0.434 e. The van der Waals surface area contributed by atoms with Gasteiger partial charge >= 0.3 is 6.18 Å². The summed E-state index contributed by atoms with van der Waals surface area (Å²) in [6.45, 7) is 0.235. The first-order valence-corrected chi connectivity index (χ1v) is 9.10. The molecule has 0 bridgehead atoms. The van der Waals surface area contributed by atoms with E-state index in [0.29, 0.717) is 22.3 Å². The van der Waals surface area contributed by atoms with E-state index in [1.165, 1.54) is 6.42 Å². The molecule has 10 heteroatoms. The van der Waals surface area contributed by atoms with Gasteiger partial charge in [-0.1, -0.05) is 0 Å². The Hall–Kier alpha value is -0.230. The molecule has 132 valence electrons. The zero-order valence-corrected chi connectivity index (χ0v) is 16.8. The summed E-state index contributed by atoms with van der Waals surface area (Å²) in [5.74, 6) is 0.607. The van der Waals surface area contributed by atoms with Gasteiger partial charge in [0.05, 0.1) is 6.54 Å². The maximum atomic E-state index is 12.5. The molecule has 1 heterocycles. The average Bonchev–Trinajstić information content (AvgIpc) is 3.11. The average molecular weight is 480 g/mol. The zero-order chi connectivity index (χ0) is 16.2. The molecule has 1 saturated carbocycles. The molecule has 0 saturated heterocycles. The van der Waals surface area contributed by atoms with Gasteiger partial charge in [0.25, 0.3) is 0 Å². The van der Waals surface area contributed by atoms with Crippen molar-refractivity contribution >= 4 is 53.0 Å². The van der Waals surface area contributed by atoms with Crippen molar-refractivity contribution in [2.75, 3.05) is 13.3 Å². The smallest absolute Gasteiger partial charge is 0.354 e. The van der Waals surface area contributed by atoms with Gasteiger partial charge in [-0.05, 0) is 25.5 Å². The van der Waals surface area contributed by atoms with Crippen molar-refractivity contribution in [2.45, 2.75) is 43.3 Å². The van der Waals surface area contributed by atoms with Crippen LogP contribution in [0.4, 0.5) is 13.2 Å².